The number of rotatable bonds is 7. The van der Waals surface area contributed by atoms with Gasteiger partial charge in [0.25, 0.3) is 5.56 Å². The van der Waals surface area contributed by atoms with Crippen molar-refractivity contribution in [2.45, 2.75) is 19.6 Å². The van der Waals surface area contributed by atoms with E-state index in [-0.39, 0.29) is 18.7 Å². The van der Waals surface area contributed by atoms with Crippen LogP contribution in [0.4, 0.5) is 0 Å². The van der Waals surface area contributed by atoms with Gasteiger partial charge in [-0.3, -0.25) is 9.36 Å². The van der Waals surface area contributed by atoms with Gasteiger partial charge in [-0.2, -0.15) is 0 Å². The van der Waals surface area contributed by atoms with Gasteiger partial charge in [0, 0.05) is 6.20 Å². The van der Waals surface area contributed by atoms with Gasteiger partial charge in [0.1, 0.15) is 24.8 Å². The molecule has 0 fully saturated rings. The van der Waals surface area contributed by atoms with Gasteiger partial charge in [0.05, 0.1) is 24.1 Å². The smallest absolute Gasteiger partial charge is 0.338 e. The lowest BCUT2D eigenvalue weighted by atomic mass is 10.2. The first-order chi connectivity index (χ1) is 13.1. The molecule has 0 amide bonds. The minimum absolute atomic E-state index is 0.0176. The second kappa shape index (κ2) is 8.41. The average molecular weight is 369 g/mol. The number of aliphatic hydroxyl groups is 1. The van der Waals surface area contributed by atoms with Crippen LogP contribution in [0.2, 0.25) is 0 Å². The summed E-state index contributed by atoms with van der Waals surface area (Å²) in [6.45, 7) is 2.07. The van der Waals surface area contributed by atoms with E-state index >= 15 is 0 Å². The lowest BCUT2D eigenvalue weighted by Crippen LogP contribution is -2.30. The maximum absolute atomic E-state index is 12.4. The molecule has 2 aromatic heterocycles. The second-order valence-electron chi connectivity index (χ2n) is 5.79. The molecule has 0 saturated carbocycles. The van der Waals surface area contributed by atoms with E-state index in [9.17, 15) is 14.7 Å². The Balaban J connectivity index is 1.60. The molecule has 140 valence electrons. The molecule has 0 aliphatic heterocycles. The largest absolute Gasteiger partial charge is 0.491 e. The van der Waals surface area contributed by atoms with E-state index in [4.69, 9.17) is 9.47 Å². The van der Waals surface area contributed by atoms with E-state index in [1.807, 2.05) is 0 Å². The molecule has 0 aliphatic carbocycles. The third-order valence-corrected chi connectivity index (χ3v) is 3.81. The van der Waals surface area contributed by atoms with Crippen molar-refractivity contribution in [1.29, 1.82) is 0 Å². The molecule has 1 N–H and O–H groups in total. The molecule has 3 rings (SSSR count). The molecule has 0 saturated heterocycles. The molecular weight excluding hydrogens is 350 g/mol. The molecular formula is C19H19N3O5. The number of carbonyl (C=O) groups is 1. The van der Waals surface area contributed by atoms with Gasteiger partial charge in [-0.15, -0.1) is 0 Å². The summed E-state index contributed by atoms with van der Waals surface area (Å²) in [4.78, 5) is 32.1. The summed E-state index contributed by atoms with van der Waals surface area (Å²) in [7, 11) is 0. The number of hydrogen-bond donors (Lipinski definition) is 1. The highest BCUT2D eigenvalue weighted by molar-refractivity contribution is 5.89. The molecule has 0 spiro atoms. The molecule has 1 aromatic carbocycles. The monoisotopic (exact) mass is 369 g/mol. The summed E-state index contributed by atoms with van der Waals surface area (Å²) >= 11 is 0. The van der Waals surface area contributed by atoms with E-state index in [2.05, 4.69) is 9.97 Å². The molecule has 8 nitrogen and oxygen atoms in total. The van der Waals surface area contributed by atoms with Crippen LogP contribution in [0.15, 0.2) is 53.7 Å². The Bertz CT molecular complexity index is 985. The van der Waals surface area contributed by atoms with Gasteiger partial charge < -0.3 is 14.6 Å². The zero-order valence-corrected chi connectivity index (χ0v) is 14.7. The van der Waals surface area contributed by atoms with Crippen molar-refractivity contribution in [3.05, 3.63) is 64.8 Å². The Morgan fingerprint density at radius 3 is 2.74 bits per heavy atom. The third kappa shape index (κ3) is 4.48. The number of aromatic nitrogens is 3. The highest BCUT2D eigenvalue weighted by atomic mass is 16.5. The minimum Gasteiger partial charge on any atom is -0.491 e. The van der Waals surface area contributed by atoms with Crippen LogP contribution < -0.4 is 10.3 Å². The number of pyridine rings is 1. The van der Waals surface area contributed by atoms with E-state index < -0.39 is 12.1 Å². The van der Waals surface area contributed by atoms with Crippen LogP contribution in [-0.4, -0.2) is 44.9 Å². The maximum Gasteiger partial charge on any atom is 0.338 e. The normalized spacial score (nSPS) is 11.9. The number of esters is 1. The summed E-state index contributed by atoms with van der Waals surface area (Å²) in [5.41, 5.74) is 0.518. The van der Waals surface area contributed by atoms with Crippen LogP contribution in [0.25, 0.3) is 11.0 Å². The Morgan fingerprint density at radius 1 is 1.22 bits per heavy atom. The fourth-order valence-electron chi connectivity index (χ4n) is 2.50. The Labute approximate surface area is 155 Å². The molecule has 0 radical (unpaired) electrons. The molecule has 1 atom stereocenters. The standard InChI is InChI=1S/C19H19N3O5/c1-2-26-19(25)13-5-7-15(8-6-13)27-11-14(23)10-22-12-21-17-16(18(22)24)4-3-9-20-17/h3-9,12,14,23H,2,10-11H2,1H3/t14-/m0/s1. The fraction of sp³-hybridized carbons (Fsp3) is 0.263. The lowest BCUT2D eigenvalue weighted by Gasteiger charge is -2.14. The number of benzene rings is 1. The predicted octanol–water partition coefficient (Wildman–Crippen LogP) is 1.41. The summed E-state index contributed by atoms with van der Waals surface area (Å²) < 4.78 is 11.7. The summed E-state index contributed by atoms with van der Waals surface area (Å²) in [6.07, 6.45) is 2.01. The van der Waals surface area contributed by atoms with Crippen molar-refractivity contribution >= 4 is 17.0 Å². The molecule has 0 unspecified atom stereocenters. The summed E-state index contributed by atoms with van der Waals surface area (Å²) in [6, 6.07) is 9.72. The summed E-state index contributed by atoms with van der Waals surface area (Å²) in [5, 5.41) is 10.6. The van der Waals surface area contributed by atoms with Crippen LogP contribution in [-0.2, 0) is 11.3 Å². The second-order valence-corrected chi connectivity index (χ2v) is 5.79. The number of hydrogen-bond acceptors (Lipinski definition) is 7. The average Bonchev–Trinajstić information content (AvgIpc) is 2.69. The van der Waals surface area contributed by atoms with Crippen LogP contribution >= 0.6 is 0 Å². The van der Waals surface area contributed by atoms with E-state index in [0.29, 0.717) is 29.0 Å². The van der Waals surface area contributed by atoms with E-state index in [1.165, 1.54) is 10.9 Å². The molecule has 0 bridgehead atoms. The Kier molecular flexibility index (Phi) is 5.77. The van der Waals surface area contributed by atoms with Gasteiger partial charge in [-0.05, 0) is 43.3 Å². The first-order valence-electron chi connectivity index (χ1n) is 8.46. The van der Waals surface area contributed by atoms with Crippen LogP contribution in [0, 0.1) is 0 Å². The number of nitrogens with zero attached hydrogens (tertiary/aromatic N) is 3. The van der Waals surface area contributed by atoms with Gasteiger partial charge in [-0.1, -0.05) is 0 Å². The van der Waals surface area contributed by atoms with Crippen LogP contribution in [0.5, 0.6) is 5.75 Å². The van der Waals surface area contributed by atoms with E-state index in [0.717, 1.165) is 0 Å². The topological polar surface area (TPSA) is 104 Å². The third-order valence-electron chi connectivity index (χ3n) is 3.81. The molecule has 27 heavy (non-hydrogen) atoms. The van der Waals surface area contributed by atoms with Crippen LogP contribution in [0.1, 0.15) is 17.3 Å². The maximum atomic E-state index is 12.4. The van der Waals surface area contributed by atoms with Crippen molar-refractivity contribution in [3.8, 4) is 5.75 Å². The Hall–Kier alpha value is -3.26. The molecule has 8 heteroatoms. The fourth-order valence-corrected chi connectivity index (χ4v) is 2.50. The number of aliphatic hydroxyl groups excluding tert-OH is 1. The van der Waals surface area contributed by atoms with Crippen LogP contribution in [0.3, 0.4) is 0 Å². The van der Waals surface area contributed by atoms with E-state index in [1.54, 1.807) is 49.5 Å². The zero-order chi connectivity index (χ0) is 19.2. The quantitative estimate of drug-likeness (QED) is 0.628. The lowest BCUT2D eigenvalue weighted by molar-refractivity contribution is 0.0526. The number of carbonyl (C=O) groups excluding carboxylic acids is 1. The first-order valence-corrected chi connectivity index (χ1v) is 8.46. The van der Waals surface area contributed by atoms with Crippen molar-refractivity contribution in [1.82, 2.24) is 14.5 Å². The summed E-state index contributed by atoms with van der Waals surface area (Å²) in [5.74, 6) is 0.0945. The van der Waals surface area contributed by atoms with Crippen molar-refractivity contribution in [2.75, 3.05) is 13.2 Å². The minimum atomic E-state index is -0.914. The zero-order valence-electron chi connectivity index (χ0n) is 14.7. The SMILES string of the molecule is CCOC(=O)c1ccc(OC[C@@H](O)Cn2cnc3ncccc3c2=O)cc1. The number of ether oxygens (including phenoxy) is 2. The van der Waals surface area contributed by atoms with Gasteiger partial charge >= 0.3 is 5.97 Å². The Morgan fingerprint density at radius 2 is 2.00 bits per heavy atom. The highest BCUT2D eigenvalue weighted by Gasteiger charge is 2.11. The molecule has 0 aliphatic rings. The van der Waals surface area contributed by atoms with Crippen molar-refractivity contribution in [3.63, 3.8) is 0 Å². The van der Waals surface area contributed by atoms with Gasteiger partial charge in [-0.25, -0.2) is 14.8 Å². The predicted molar refractivity (Wildman–Crippen MR) is 97.7 cm³/mol. The molecule has 3 aromatic rings. The van der Waals surface area contributed by atoms with Crippen molar-refractivity contribution in [2.24, 2.45) is 0 Å². The van der Waals surface area contributed by atoms with Gasteiger partial charge in [0.2, 0.25) is 0 Å². The molecule has 2 heterocycles. The van der Waals surface area contributed by atoms with Gasteiger partial charge in [0.15, 0.2) is 5.65 Å². The first kappa shape index (κ1) is 18.5. The number of fused-ring (bicyclic) bond motifs is 1. The highest BCUT2D eigenvalue weighted by Crippen LogP contribution is 2.13. The van der Waals surface area contributed by atoms with Crippen molar-refractivity contribution < 1.29 is 19.4 Å².